The molecule has 0 spiro atoms. The van der Waals surface area contributed by atoms with Crippen molar-refractivity contribution in [2.45, 2.75) is 25.7 Å². The lowest BCUT2D eigenvalue weighted by Gasteiger charge is -2.08. The predicted molar refractivity (Wildman–Crippen MR) is 97.2 cm³/mol. The van der Waals surface area contributed by atoms with Crippen LogP contribution in [0.3, 0.4) is 0 Å². The standard InChI is InChI=1S/C18H20Br2O/c19-13-1-3-15-5-9-17(10-6-15)21-18-11-7-16(8-12-18)4-2-14-20/h5-12H,1-4,13-14H2. The Labute approximate surface area is 144 Å². The van der Waals surface area contributed by atoms with Crippen molar-refractivity contribution in [1.29, 1.82) is 0 Å². The summed E-state index contributed by atoms with van der Waals surface area (Å²) in [4.78, 5) is 0. The fourth-order valence-electron chi connectivity index (χ4n) is 2.13. The molecule has 2 rings (SSSR count). The molecule has 1 nitrogen and oxygen atoms in total. The van der Waals surface area contributed by atoms with Crippen molar-refractivity contribution in [3.05, 3.63) is 59.7 Å². The van der Waals surface area contributed by atoms with E-state index in [4.69, 9.17) is 4.74 Å². The van der Waals surface area contributed by atoms with Crippen LogP contribution < -0.4 is 4.74 Å². The van der Waals surface area contributed by atoms with Gasteiger partial charge in [0.15, 0.2) is 0 Å². The van der Waals surface area contributed by atoms with E-state index < -0.39 is 0 Å². The number of halogens is 2. The van der Waals surface area contributed by atoms with Gasteiger partial charge in [-0.3, -0.25) is 0 Å². The van der Waals surface area contributed by atoms with Gasteiger partial charge >= 0.3 is 0 Å². The van der Waals surface area contributed by atoms with Gasteiger partial charge < -0.3 is 4.74 Å². The van der Waals surface area contributed by atoms with Gasteiger partial charge in [0.25, 0.3) is 0 Å². The first kappa shape index (κ1) is 16.6. The fraction of sp³-hybridized carbons (Fsp3) is 0.333. The molecule has 0 saturated carbocycles. The van der Waals surface area contributed by atoms with Crippen LogP contribution in [0.1, 0.15) is 24.0 Å². The molecule has 3 heteroatoms. The van der Waals surface area contributed by atoms with Crippen LogP contribution in [0.5, 0.6) is 11.5 Å². The Kier molecular flexibility index (Phi) is 7.31. The maximum atomic E-state index is 5.88. The Morgan fingerprint density at radius 1 is 0.619 bits per heavy atom. The van der Waals surface area contributed by atoms with Crippen LogP contribution in [-0.4, -0.2) is 10.7 Å². The second-order valence-electron chi connectivity index (χ2n) is 4.98. The zero-order chi connectivity index (χ0) is 14.9. The van der Waals surface area contributed by atoms with E-state index in [9.17, 15) is 0 Å². The van der Waals surface area contributed by atoms with Crippen LogP contribution in [0.15, 0.2) is 48.5 Å². The molecule has 21 heavy (non-hydrogen) atoms. The van der Waals surface area contributed by atoms with Crippen molar-refractivity contribution in [1.82, 2.24) is 0 Å². The normalized spacial score (nSPS) is 10.6. The highest BCUT2D eigenvalue weighted by molar-refractivity contribution is 9.09. The molecule has 0 saturated heterocycles. The van der Waals surface area contributed by atoms with Gasteiger partial charge in [0, 0.05) is 10.7 Å². The third-order valence-electron chi connectivity index (χ3n) is 3.28. The van der Waals surface area contributed by atoms with E-state index in [1.165, 1.54) is 11.1 Å². The summed E-state index contributed by atoms with van der Waals surface area (Å²) in [7, 11) is 0. The summed E-state index contributed by atoms with van der Waals surface area (Å²) in [6.07, 6.45) is 4.54. The van der Waals surface area contributed by atoms with Crippen molar-refractivity contribution in [3.63, 3.8) is 0 Å². The van der Waals surface area contributed by atoms with Gasteiger partial charge in [-0.25, -0.2) is 0 Å². The first-order valence-corrected chi connectivity index (χ1v) is 9.54. The van der Waals surface area contributed by atoms with Crippen LogP contribution in [0.2, 0.25) is 0 Å². The van der Waals surface area contributed by atoms with Crippen molar-refractivity contribution >= 4 is 31.9 Å². The van der Waals surface area contributed by atoms with Gasteiger partial charge in [-0.05, 0) is 61.1 Å². The number of rotatable bonds is 8. The highest BCUT2D eigenvalue weighted by Crippen LogP contribution is 2.23. The van der Waals surface area contributed by atoms with Gasteiger partial charge in [0.1, 0.15) is 11.5 Å². The van der Waals surface area contributed by atoms with E-state index in [0.717, 1.165) is 47.8 Å². The van der Waals surface area contributed by atoms with Gasteiger partial charge in [-0.1, -0.05) is 56.1 Å². The molecule has 0 atom stereocenters. The monoisotopic (exact) mass is 410 g/mol. The molecule has 0 radical (unpaired) electrons. The molecule has 0 unspecified atom stereocenters. The van der Waals surface area contributed by atoms with E-state index in [1.54, 1.807) is 0 Å². The SMILES string of the molecule is BrCCCc1ccc(Oc2ccc(CCCBr)cc2)cc1. The Morgan fingerprint density at radius 3 is 1.33 bits per heavy atom. The molecule has 0 aliphatic carbocycles. The van der Waals surface area contributed by atoms with Crippen molar-refractivity contribution < 1.29 is 4.74 Å². The average Bonchev–Trinajstić information content (AvgIpc) is 2.53. The van der Waals surface area contributed by atoms with E-state index in [1.807, 2.05) is 24.3 Å². The third kappa shape index (κ3) is 5.84. The highest BCUT2D eigenvalue weighted by Gasteiger charge is 1.99. The van der Waals surface area contributed by atoms with Crippen molar-refractivity contribution in [3.8, 4) is 11.5 Å². The van der Waals surface area contributed by atoms with Crippen LogP contribution in [-0.2, 0) is 12.8 Å². The molecule has 2 aromatic rings. The molecule has 0 aliphatic rings. The van der Waals surface area contributed by atoms with Crippen LogP contribution in [0.4, 0.5) is 0 Å². The van der Waals surface area contributed by atoms with Crippen molar-refractivity contribution in [2.24, 2.45) is 0 Å². The summed E-state index contributed by atoms with van der Waals surface area (Å²) in [6, 6.07) is 16.7. The molecule has 0 amide bonds. The molecule has 0 heterocycles. The zero-order valence-corrected chi connectivity index (χ0v) is 15.2. The summed E-state index contributed by atoms with van der Waals surface area (Å²) in [6.45, 7) is 0. The Bertz CT molecular complexity index is 470. The third-order valence-corrected chi connectivity index (χ3v) is 4.40. The molecule has 0 fully saturated rings. The van der Waals surface area contributed by atoms with Crippen LogP contribution >= 0.6 is 31.9 Å². The highest BCUT2D eigenvalue weighted by atomic mass is 79.9. The Balaban J connectivity index is 1.91. The van der Waals surface area contributed by atoms with Crippen LogP contribution in [0.25, 0.3) is 0 Å². The first-order chi connectivity index (χ1) is 10.3. The number of aryl methyl sites for hydroxylation is 2. The first-order valence-electron chi connectivity index (χ1n) is 7.29. The molecule has 0 N–H and O–H groups in total. The number of alkyl halides is 2. The minimum atomic E-state index is 0.894. The lowest BCUT2D eigenvalue weighted by molar-refractivity contribution is 0.482. The topological polar surface area (TPSA) is 9.23 Å². The summed E-state index contributed by atoms with van der Waals surface area (Å²) in [5.74, 6) is 1.79. The number of hydrogen-bond acceptors (Lipinski definition) is 1. The Morgan fingerprint density at radius 2 is 1.00 bits per heavy atom. The zero-order valence-electron chi connectivity index (χ0n) is 12.0. The van der Waals surface area contributed by atoms with E-state index in [0.29, 0.717) is 0 Å². The largest absolute Gasteiger partial charge is 0.457 e. The minimum Gasteiger partial charge on any atom is -0.457 e. The molecular formula is C18H20Br2O. The number of ether oxygens (including phenoxy) is 1. The number of benzene rings is 2. The van der Waals surface area contributed by atoms with E-state index in [2.05, 4.69) is 56.1 Å². The van der Waals surface area contributed by atoms with Crippen molar-refractivity contribution in [2.75, 3.05) is 10.7 Å². The summed E-state index contributed by atoms with van der Waals surface area (Å²) < 4.78 is 5.88. The molecule has 112 valence electrons. The smallest absolute Gasteiger partial charge is 0.127 e. The Hall–Kier alpha value is -0.800. The van der Waals surface area contributed by atoms with E-state index >= 15 is 0 Å². The lowest BCUT2D eigenvalue weighted by Crippen LogP contribution is -1.89. The minimum absolute atomic E-state index is 0.894. The maximum Gasteiger partial charge on any atom is 0.127 e. The van der Waals surface area contributed by atoms with Gasteiger partial charge in [0.2, 0.25) is 0 Å². The van der Waals surface area contributed by atoms with Gasteiger partial charge in [-0.15, -0.1) is 0 Å². The fourth-order valence-corrected chi connectivity index (χ4v) is 2.69. The second kappa shape index (κ2) is 9.26. The quantitative estimate of drug-likeness (QED) is 0.474. The summed E-state index contributed by atoms with van der Waals surface area (Å²) >= 11 is 6.92. The lowest BCUT2D eigenvalue weighted by atomic mass is 10.1. The molecule has 0 aliphatic heterocycles. The number of hydrogen-bond donors (Lipinski definition) is 0. The average molecular weight is 412 g/mol. The molecule has 0 bridgehead atoms. The van der Waals surface area contributed by atoms with Crippen LogP contribution in [0, 0.1) is 0 Å². The maximum absolute atomic E-state index is 5.88. The summed E-state index contributed by atoms with van der Waals surface area (Å²) in [5, 5.41) is 2.10. The van der Waals surface area contributed by atoms with E-state index in [-0.39, 0.29) is 0 Å². The second-order valence-corrected chi connectivity index (χ2v) is 6.56. The van der Waals surface area contributed by atoms with Gasteiger partial charge in [0.05, 0.1) is 0 Å². The molecular weight excluding hydrogens is 392 g/mol. The molecule has 0 aromatic heterocycles. The predicted octanol–water partition coefficient (Wildman–Crippen LogP) is 6.13. The summed E-state index contributed by atoms with van der Waals surface area (Å²) in [5.41, 5.74) is 2.71. The molecule has 2 aromatic carbocycles. The van der Waals surface area contributed by atoms with Gasteiger partial charge in [-0.2, -0.15) is 0 Å².